The molecule has 3 aromatic carbocycles. The van der Waals surface area contributed by atoms with E-state index in [4.69, 9.17) is 17.3 Å². The van der Waals surface area contributed by atoms with Gasteiger partial charge in [-0.15, -0.1) is 0 Å². The van der Waals surface area contributed by atoms with Gasteiger partial charge in [0.2, 0.25) is 5.91 Å². The summed E-state index contributed by atoms with van der Waals surface area (Å²) >= 11 is 6.31. The molecule has 1 unspecified atom stereocenters. The first-order valence-electron chi connectivity index (χ1n) is 11.2. The highest BCUT2D eigenvalue weighted by molar-refractivity contribution is 6.31. The van der Waals surface area contributed by atoms with Gasteiger partial charge in [-0.1, -0.05) is 11.6 Å². The third kappa shape index (κ3) is 4.15. The molecule has 0 fully saturated rings. The predicted molar refractivity (Wildman–Crippen MR) is 130 cm³/mol. The van der Waals surface area contributed by atoms with Gasteiger partial charge in [0.25, 0.3) is 5.91 Å². The van der Waals surface area contributed by atoms with E-state index in [1.165, 1.54) is 23.9 Å². The van der Waals surface area contributed by atoms with Crippen LogP contribution in [0.25, 0.3) is 22.0 Å². The number of aryl methyl sites for hydroxylation is 1. The second kappa shape index (κ2) is 9.06. The van der Waals surface area contributed by atoms with Crippen molar-refractivity contribution < 1.29 is 31.5 Å². The summed E-state index contributed by atoms with van der Waals surface area (Å²) in [6, 6.07) is 6.11. The number of hydrogen-bond donors (Lipinski definition) is 2. The van der Waals surface area contributed by atoms with E-state index in [0.717, 1.165) is 12.1 Å². The van der Waals surface area contributed by atoms with Gasteiger partial charge in [0, 0.05) is 34.1 Å². The van der Waals surface area contributed by atoms with E-state index in [0.29, 0.717) is 11.8 Å². The number of benzene rings is 3. The van der Waals surface area contributed by atoms with Crippen LogP contribution in [0.15, 0.2) is 36.4 Å². The van der Waals surface area contributed by atoms with Gasteiger partial charge < -0.3 is 11.1 Å². The van der Waals surface area contributed by atoms with Crippen molar-refractivity contribution in [2.24, 2.45) is 12.8 Å². The molecule has 3 N–H and O–H groups in total. The second-order valence-electron chi connectivity index (χ2n) is 8.83. The monoisotopic (exact) mass is 559 g/mol. The zero-order valence-electron chi connectivity index (χ0n) is 19.8. The Labute approximate surface area is 221 Å². The summed E-state index contributed by atoms with van der Waals surface area (Å²) in [4.78, 5) is 25.7. The SMILES string of the molecule is Cn1nc2c3c(c(-c4c(F)cc(C(F)(F)F)cc4C(N)=O)cc2c1CC#N)C(c1cc(F)ccc1Cl)NC3=O. The van der Waals surface area contributed by atoms with Crippen molar-refractivity contribution >= 4 is 34.3 Å². The molecule has 1 aliphatic heterocycles. The summed E-state index contributed by atoms with van der Waals surface area (Å²) in [7, 11) is 1.51. The molecule has 0 radical (unpaired) electrons. The van der Waals surface area contributed by atoms with Gasteiger partial charge in [-0.05, 0) is 42.0 Å². The molecule has 5 rings (SSSR count). The van der Waals surface area contributed by atoms with E-state index in [2.05, 4.69) is 10.4 Å². The van der Waals surface area contributed by atoms with Crippen molar-refractivity contribution in [3.8, 4) is 17.2 Å². The number of halogens is 6. The number of alkyl halides is 3. The number of primary amides is 1. The van der Waals surface area contributed by atoms with Crippen molar-refractivity contribution in [3.63, 3.8) is 0 Å². The van der Waals surface area contributed by atoms with Crippen LogP contribution in [0.1, 0.15) is 49.1 Å². The number of fused-ring (bicyclic) bond motifs is 3. The fraction of sp³-hybridized carbons (Fsp3) is 0.154. The minimum Gasteiger partial charge on any atom is -0.366 e. The summed E-state index contributed by atoms with van der Waals surface area (Å²) < 4.78 is 71.6. The highest BCUT2D eigenvalue weighted by atomic mass is 35.5. The molecule has 2 amide bonds. The summed E-state index contributed by atoms with van der Waals surface area (Å²) in [5.74, 6) is -4.21. The number of nitrogens with zero attached hydrogens (tertiary/aromatic N) is 3. The van der Waals surface area contributed by atoms with E-state index in [-0.39, 0.29) is 50.7 Å². The van der Waals surface area contributed by atoms with Crippen molar-refractivity contribution in [3.05, 3.63) is 86.6 Å². The molecule has 39 heavy (non-hydrogen) atoms. The van der Waals surface area contributed by atoms with Crippen LogP contribution in [0.5, 0.6) is 0 Å². The van der Waals surface area contributed by atoms with Gasteiger partial charge in [-0.25, -0.2) is 8.78 Å². The van der Waals surface area contributed by atoms with Crippen LogP contribution in [-0.2, 0) is 19.6 Å². The van der Waals surface area contributed by atoms with Crippen LogP contribution in [0.3, 0.4) is 0 Å². The lowest BCUT2D eigenvalue weighted by Gasteiger charge is -2.20. The van der Waals surface area contributed by atoms with Crippen LogP contribution in [0.2, 0.25) is 5.02 Å². The predicted octanol–water partition coefficient (Wildman–Crippen LogP) is 5.19. The fourth-order valence-electron chi connectivity index (χ4n) is 4.90. The van der Waals surface area contributed by atoms with E-state index < -0.39 is 52.4 Å². The number of nitrogens with one attached hydrogen (secondary N) is 1. The Bertz CT molecular complexity index is 1770. The molecule has 0 aliphatic carbocycles. The molecule has 0 bridgehead atoms. The van der Waals surface area contributed by atoms with Crippen LogP contribution >= 0.6 is 11.6 Å². The Morgan fingerprint density at radius 3 is 2.56 bits per heavy atom. The summed E-state index contributed by atoms with van der Waals surface area (Å²) in [5.41, 5.74) is 2.81. The highest BCUT2D eigenvalue weighted by Gasteiger charge is 2.40. The lowest BCUT2D eigenvalue weighted by atomic mass is 9.85. The number of hydrogen-bond acceptors (Lipinski definition) is 4. The molecule has 0 saturated heterocycles. The Hall–Kier alpha value is -4.50. The molecule has 4 aromatic rings. The lowest BCUT2D eigenvalue weighted by molar-refractivity contribution is -0.137. The third-order valence-corrected chi connectivity index (χ3v) is 6.89. The van der Waals surface area contributed by atoms with Crippen molar-refractivity contribution in [2.75, 3.05) is 0 Å². The molecule has 0 saturated carbocycles. The van der Waals surface area contributed by atoms with Crippen LogP contribution in [-0.4, -0.2) is 21.6 Å². The minimum absolute atomic E-state index is 0.00256. The Morgan fingerprint density at radius 2 is 1.92 bits per heavy atom. The van der Waals surface area contributed by atoms with Gasteiger partial charge >= 0.3 is 6.18 Å². The fourth-order valence-corrected chi connectivity index (χ4v) is 5.13. The van der Waals surface area contributed by atoms with Crippen molar-refractivity contribution in [1.82, 2.24) is 15.1 Å². The topological polar surface area (TPSA) is 114 Å². The molecular formula is C26H15ClF5N5O2. The van der Waals surface area contributed by atoms with Crippen molar-refractivity contribution in [2.45, 2.75) is 18.6 Å². The zero-order chi connectivity index (χ0) is 28.4. The van der Waals surface area contributed by atoms with Gasteiger partial charge in [-0.2, -0.15) is 23.5 Å². The zero-order valence-corrected chi connectivity index (χ0v) is 20.5. The minimum atomic E-state index is -4.99. The number of rotatable bonds is 4. The molecule has 2 heterocycles. The van der Waals surface area contributed by atoms with E-state index in [1.54, 1.807) is 0 Å². The first kappa shape index (κ1) is 26.1. The van der Waals surface area contributed by atoms with Crippen LogP contribution < -0.4 is 11.1 Å². The Morgan fingerprint density at radius 1 is 1.21 bits per heavy atom. The van der Waals surface area contributed by atoms with Crippen LogP contribution in [0, 0.1) is 23.0 Å². The Balaban J connectivity index is 1.95. The molecule has 1 aliphatic rings. The smallest absolute Gasteiger partial charge is 0.366 e. The summed E-state index contributed by atoms with van der Waals surface area (Å²) in [6.07, 6.45) is -5.17. The largest absolute Gasteiger partial charge is 0.416 e. The van der Waals surface area contributed by atoms with Crippen LogP contribution in [0.4, 0.5) is 22.0 Å². The average Bonchev–Trinajstić information content (AvgIpc) is 3.36. The van der Waals surface area contributed by atoms with Gasteiger partial charge in [0.05, 0.1) is 40.9 Å². The summed E-state index contributed by atoms with van der Waals surface area (Å²) in [5, 5.41) is 16.6. The van der Waals surface area contributed by atoms with Gasteiger partial charge in [0.15, 0.2) is 0 Å². The first-order valence-corrected chi connectivity index (χ1v) is 11.6. The normalized spacial score (nSPS) is 14.8. The number of aromatic nitrogens is 2. The van der Waals surface area contributed by atoms with E-state index in [9.17, 15) is 32.4 Å². The van der Waals surface area contributed by atoms with Gasteiger partial charge in [-0.3, -0.25) is 14.3 Å². The number of nitriles is 1. The molecule has 13 heteroatoms. The molecule has 0 spiro atoms. The number of carbonyl (C=O) groups is 2. The third-order valence-electron chi connectivity index (χ3n) is 6.55. The first-order chi connectivity index (χ1) is 18.3. The molecule has 1 atom stereocenters. The maximum atomic E-state index is 15.6. The number of nitrogens with two attached hydrogens (primary N) is 1. The van der Waals surface area contributed by atoms with Crippen molar-refractivity contribution in [1.29, 1.82) is 5.26 Å². The maximum Gasteiger partial charge on any atom is 0.416 e. The standard InChI is InChI=1S/C26H15ClF5N5O2/c1-37-18(4-5-33)13-9-14(19-15(24(34)38)6-10(7-17(19)29)26(30,31)32)20-21(23(13)36-37)25(39)35-22(20)12-8-11(28)2-3-16(12)27/h2-3,6-9,22H,4H2,1H3,(H2,34,38)(H,35,39). The molecular weight excluding hydrogens is 545 g/mol. The number of amides is 2. The summed E-state index contributed by atoms with van der Waals surface area (Å²) in [6.45, 7) is 0. The highest BCUT2D eigenvalue weighted by Crippen LogP contribution is 2.46. The molecule has 7 nitrogen and oxygen atoms in total. The van der Waals surface area contributed by atoms with E-state index in [1.807, 2.05) is 6.07 Å². The Kier molecular flexibility index (Phi) is 6.07. The van der Waals surface area contributed by atoms with E-state index >= 15 is 4.39 Å². The number of carbonyl (C=O) groups excluding carboxylic acids is 2. The van der Waals surface area contributed by atoms with Gasteiger partial charge in [0.1, 0.15) is 17.2 Å². The lowest BCUT2D eigenvalue weighted by Crippen LogP contribution is -2.21. The maximum absolute atomic E-state index is 15.6. The molecule has 1 aromatic heterocycles. The quantitative estimate of drug-likeness (QED) is 0.335. The second-order valence-corrected chi connectivity index (χ2v) is 9.24. The average molecular weight is 560 g/mol. The molecule has 198 valence electrons.